The number of fused-ring (bicyclic) bond motifs is 1. The Morgan fingerprint density at radius 2 is 1.86 bits per heavy atom. The van der Waals surface area contributed by atoms with Gasteiger partial charge in [-0.25, -0.2) is 9.78 Å². The summed E-state index contributed by atoms with van der Waals surface area (Å²) in [6, 6.07) is 14.3. The molecule has 188 valence electrons. The number of nitrogens with zero attached hydrogens (tertiary/aromatic N) is 2. The van der Waals surface area contributed by atoms with Crippen LogP contribution >= 0.6 is 23.1 Å². The molecule has 12 heteroatoms. The first-order chi connectivity index (χ1) is 17.6. The number of aromatic nitrogens is 1. The van der Waals surface area contributed by atoms with Crippen molar-refractivity contribution in [3.63, 3.8) is 0 Å². The Morgan fingerprint density at radius 3 is 2.59 bits per heavy atom. The van der Waals surface area contributed by atoms with Crippen molar-refractivity contribution in [1.82, 2.24) is 4.98 Å². The largest absolute Gasteiger partial charge is 0.477 e. The smallest absolute Gasteiger partial charge is 0.343 e. The van der Waals surface area contributed by atoms with Gasteiger partial charge in [-0.3, -0.25) is 19.7 Å². The van der Waals surface area contributed by atoms with Crippen LogP contribution in [0.1, 0.15) is 31.8 Å². The van der Waals surface area contributed by atoms with E-state index in [9.17, 15) is 29.6 Å². The van der Waals surface area contributed by atoms with Gasteiger partial charge in [-0.15, -0.1) is 11.3 Å². The highest BCUT2D eigenvalue weighted by Gasteiger charge is 2.27. The molecule has 0 atom stereocenters. The quantitative estimate of drug-likeness (QED) is 0.152. The first kappa shape index (κ1) is 25.8. The van der Waals surface area contributed by atoms with Gasteiger partial charge in [0.2, 0.25) is 5.91 Å². The van der Waals surface area contributed by atoms with Gasteiger partial charge in [-0.05, 0) is 55.3 Å². The number of carboxylic acid groups (broad SMARTS) is 1. The molecule has 0 radical (unpaired) electrons. The summed E-state index contributed by atoms with van der Waals surface area (Å²) < 4.78 is 1.41. The second kappa shape index (κ2) is 10.8. The van der Waals surface area contributed by atoms with Crippen molar-refractivity contribution in [2.45, 2.75) is 18.2 Å². The van der Waals surface area contributed by atoms with Crippen molar-refractivity contribution < 1.29 is 24.4 Å². The van der Waals surface area contributed by atoms with Crippen LogP contribution in [-0.4, -0.2) is 38.6 Å². The fourth-order valence-electron chi connectivity index (χ4n) is 3.53. The van der Waals surface area contributed by atoms with E-state index < -0.39 is 28.1 Å². The Bertz CT molecular complexity index is 1570. The van der Waals surface area contributed by atoms with Gasteiger partial charge in [0.25, 0.3) is 11.6 Å². The molecule has 0 aliphatic carbocycles. The number of hydrogen-bond donors (Lipinski definition) is 3. The fourth-order valence-corrected chi connectivity index (χ4v) is 5.44. The lowest BCUT2D eigenvalue weighted by Gasteiger charge is -2.08. The summed E-state index contributed by atoms with van der Waals surface area (Å²) in [6.07, 6.45) is 0. The third-order valence-electron chi connectivity index (χ3n) is 5.32. The summed E-state index contributed by atoms with van der Waals surface area (Å²) in [7, 11) is 0. The van der Waals surface area contributed by atoms with E-state index in [0.29, 0.717) is 15.5 Å². The summed E-state index contributed by atoms with van der Waals surface area (Å²) in [5, 5.41) is 26.1. The van der Waals surface area contributed by atoms with E-state index in [1.807, 2.05) is 32.0 Å². The number of hydrogen-bond acceptors (Lipinski definition) is 8. The molecule has 1 heterocycles. The fraction of sp³-hybridized carbons (Fsp3) is 0.120. The highest BCUT2D eigenvalue weighted by atomic mass is 32.2. The maximum absolute atomic E-state index is 12.8. The molecule has 3 aromatic carbocycles. The van der Waals surface area contributed by atoms with Crippen LogP contribution in [0.2, 0.25) is 0 Å². The number of aryl methyl sites for hydroxylation is 2. The second-order valence-corrected chi connectivity index (χ2v) is 10.3. The van der Waals surface area contributed by atoms with Gasteiger partial charge in [-0.2, -0.15) is 0 Å². The Kier molecular flexibility index (Phi) is 7.50. The minimum absolute atomic E-state index is 0.155. The molecule has 0 bridgehead atoms. The van der Waals surface area contributed by atoms with Crippen LogP contribution in [-0.2, 0) is 4.79 Å². The van der Waals surface area contributed by atoms with Gasteiger partial charge in [0, 0.05) is 17.4 Å². The molecule has 0 unspecified atom stereocenters. The molecule has 0 aliphatic rings. The molecular formula is C25H20N4O6S2. The molecule has 4 aromatic rings. The topological polar surface area (TPSA) is 152 Å². The number of rotatable bonds is 8. The average Bonchev–Trinajstić information content (AvgIpc) is 3.26. The zero-order chi connectivity index (χ0) is 26.7. The van der Waals surface area contributed by atoms with E-state index in [0.717, 1.165) is 27.6 Å². The van der Waals surface area contributed by atoms with Gasteiger partial charge < -0.3 is 15.7 Å². The van der Waals surface area contributed by atoms with Gasteiger partial charge in [-0.1, -0.05) is 30.0 Å². The highest BCUT2D eigenvalue weighted by molar-refractivity contribution is 8.01. The van der Waals surface area contributed by atoms with Crippen LogP contribution in [0, 0.1) is 24.0 Å². The summed E-state index contributed by atoms with van der Waals surface area (Å²) in [6.45, 7) is 3.88. The normalized spacial score (nSPS) is 10.8. The molecule has 10 nitrogen and oxygen atoms in total. The number of carboxylic acids is 1. The average molecular weight is 537 g/mol. The van der Waals surface area contributed by atoms with Crippen LogP contribution in [0.15, 0.2) is 58.9 Å². The molecule has 0 fully saturated rings. The monoisotopic (exact) mass is 536 g/mol. The molecular weight excluding hydrogens is 516 g/mol. The Morgan fingerprint density at radius 1 is 1.08 bits per heavy atom. The first-order valence-electron chi connectivity index (χ1n) is 10.8. The van der Waals surface area contributed by atoms with Crippen molar-refractivity contribution >= 4 is 68.2 Å². The number of carbonyl (C=O) groups excluding carboxylic acids is 2. The zero-order valence-corrected chi connectivity index (χ0v) is 21.2. The lowest BCUT2D eigenvalue weighted by Crippen LogP contribution is -2.17. The number of amides is 2. The molecule has 0 saturated carbocycles. The van der Waals surface area contributed by atoms with Crippen LogP contribution < -0.4 is 10.6 Å². The van der Waals surface area contributed by atoms with Gasteiger partial charge in [0.1, 0.15) is 5.56 Å². The molecule has 37 heavy (non-hydrogen) atoms. The molecule has 1 aromatic heterocycles. The lowest BCUT2D eigenvalue weighted by molar-refractivity contribution is -0.385. The maximum atomic E-state index is 12.8. The number of thiazole rings is 1. The maximum Gasteiger partial charge on any atom is 0.343 e. The number of nitro benzene ring substituents is 1. The number of aromatic carboxylic acids is 1. The van der Waals surface area contributed by atoms with E-state index in [2.05, 4.69) is 15.6 Å². The van der Waals surface area contributed by atoms with Crippen LogP contribution in [0.5, 0.6) is 0 Å². The predicted octanol–water partition coefficient (Wildman–Crippen LogP) is 5.50. The summed E-state index contributed by atoms with van der Waals surface area (Å²) in [5.74, 6) is -2.35. The molecule has 2 amide bonds. The minimum atomic E-state index is -1.57. The molecule has 3 N–H and O–H groups in total. The van der Waals surface area contributed by atoms with Gasteiger partial charge in [0.15, 0.2) is 4.34 Å². The highest BCUT2D eigenvalue weighted by Crippen LogP contribution is 2.32. The van der Waals surface area contributed by atoms with Crippen molar-refractivity contribution in [1.29, 1.82) is 0 Å². The van der Waals surface area contributed by atoms with Gasteiger partial charge in [0.05, 0.1) is 26.5 Å². The molecule has 0 spiro atoms. The Labute approximate surface area is 218 Å². The predicted molar refractivity (Wildman–Crippen MR) is 143 cm³/mol. The molecule has 4 rings (SSSR count). The van der Waals surface area contributed by atoms with E-state index in [-0.39, 0.29) is 17.2 Å². The number of nitrogens with one attached hydrogen (secondary N) is 2. The second-order valence-electron chi connectivity index (χ2n) is 8.03. The number of nitro groups is 1. The van der Waals surface area contributed by atoms with Crippen LogP contribution in [0.3, 0.4) is 0 Å². The Balaban J connectivity index is 1.46. The van der Waals surface area contributed by atoms with E-state index in [1.165, 1.54) is 35.2 Å². The third kappa shape index (κ3) is 5.93. The molecule has 0 saturated heterocycles. The number of anilines is 2. The van der Waals surface area contributed by atoms with E-state index in [4.69, 9.17) is 0 Å². The number of carbonyl (C=O) groups is 3. The number of thioether (sulfide) groups is 1. The van der Waals surface area contributed by atoms with Crippen molar-refractivity contribution in [2.24, 2.45) is 0 Å². The van der Waals surface area contributed by atoms with Crippen LogP contribution in [0.25, 0.3) is 10.2 Å². The lowest BCUT2D eigenvalue weighted by atomic mass is 10.0. The summed E-state index contributed by atoms with van der Waals surface area (Å²) in [5.41, 5.74) is 2.16. The van der Waals surface area contributed by atoms with Crippen molar-refractivity contribution in [2.75, 3.05) is 16.4 Å². The Hall–Kier alpha value is -4.29. The standard InChI is InChI=1S/C25H20N4O6S2/c1-13-6-7-14(2)18(10-13)27-21(30)12-36-25-28-17-9-8-15(11-20(17)37-25)26-23(31)16-4-3-5-19(29(34)35)22(16)24(32)33/h3-11H,12H2,1-2H3,(H,26,31)(H,27,30)(H,32,33). The molecule has 0 aliphatic heterocycles. The first-order valence-corrected chi connectivity index (χ1v) is 12.6. The van der Waals surface area contributed by atoms with Crippen molar-refractivity contribution in [3.8, 4) is 0 Å². The van der Waals surface area contributed by atoms with E-state index >= 15 is 0 Å². The van der Waals surface area contributed by atoms with Crippen molar-refractivity contribution in [3.05, 3.63) is 87.0 Å². The van der Waals surface area contributed by atoms with E-state index in [1.54, 1.807) is 18.2 Å². The SMILES string of the molecule is Cc1ccc(C)c(NC(=O)CSc2nc3ccc(NC(=O)c4cccc([N+](=O)[O-])c4C(=O)O)cc3s2)c1. The third-order valence-corrected chi connectivity index (χ3v) is 7.48. The zero-order valence-electron chi connectivity index (χ0n) is 19.6. The number of benzene rings is 3. The summed E-state index contributed by atoms with van der Waals surface area (Å²) >= 11 is 2.63. The summed E-state index contributed by atoms with van der Waals surface area (Å²) in [4.78, 5) is 51.7. The minimum Gasteiger partial charge on any atom is -0.477 e. The van der Waals surface area contributed by atoms with Crippen LogP contribution in [0.4, 0.5) is 17.1 Å². The van der Waals surface area contributed by atoms with Gasteiger partial charge >= 0.3 is 5.97 Å².